The van der Waals surface area contributed by atoms with Gasteiger partial charge in [0.25, 0.3) is 15.9 Å². The van der Waals surface area contributed by atoms with Gasteiger partial charge in [0.1, 0.15) is 12.3 Å². The second-order valence-electron chi connectivity index (χ2n) is 7.34. The number of hydrogen-bond donors (Lipinski definition) is 0. The van der Waals surface area contributed by atoms with Gasteiger partial charge in [-0.3, -0.25) is 13.7 Å². The average molecular weight is 479 g/mol. The van der Waals surface area contributed by atoms with Crippen molar-refractivity contribution >= 4 is 38.5 Å². The summed E-state index contributed by atoms with van der Waals surface area (Å²) in [5.74, 6) is -0.699. The van der Waals surface area contributed by atoms with Crippen LogP contribution in [0, 0.1) is 0 Å². The lowest BCUT2D eigenvalue weighted by molar-refractivity contribution is 0.0603. The fourth-order valence-electron chi connectivity index (χ4n) is 3.66. The Hall–Kier alpha value is -4.11. The molecule has 9 heteroatoms. The van der Waals surface area contributed by atoms with E-state index in [0.717, 1.165) is 4.31 Å². The van der Waals surface area contributed by atoms with E-state index >= 15 is 0 Å². The molecule has 0 spiro atoms. The molecule has 0 aliphatic carbocycles. The van der Waals surface area contributed by atoms with E-state index in [1.54, 1.807) is 66.7 Å². The molecule has 0 aliphatic rings. The van der Waals surface area contributed by atoms with E-state index in [4.69, 9.17) is 9.47 Å². The highest BCUT2D eigenvalue weighted by Crippen LogP contribution is 2.28. The molecule has 1 aromatic heterocycles. The molecule has 0 atom stereocenters. The van der Waals surface area contributed by atoms with E-state index < -0.39 is 28.4 Å². The lowest BCUT2D eigenvalue weighted by Crippen LogP contribution is -2.37. The summed E-state index contributed by atoms with van der Waals surface area (Å²) in [5.41, 5.74) is 0.946. The Morgan fingerprint density at radius 2 is 1.62 bits per heavy atom. The van der Waals surface area contributed by atoms with Gasteiger partial charge in [-0.2, -0.15) is 0 Å². The van der Waals surface area contributed by atoms with Crippen LogP contribution in [0.3, 0.4) is 0 Å². The van der Waals surface area contributed by atoms with E-state index in [-0.39, 0.29) is 16.1 Å². The molecule has 4 aromatic rings. The molecule has 3 aromatic carbocycles. The molecular formula is C25H22N2O6S. The van der Waals surface area contributed by atoms with Crippen LogP contribution in [0.25, 0.3) is 10.9 Å². The standard InChI is InChI=1S/C25H22N2O6S/c1-32-19-10-8-9-18(15-19)27(34(30,31)20-11-4-3-5-12-20)17-24(28)26-16-22(25(29)33-2)21-13-6-7-14-23(21)26/h3-16H,17H2,1-2H3. The number of fused-ring (bicyclic) bond motifs is 1. The first-order valence-corrected chi connectivity index (χ1v) is 11.7. The maximum atomic E-state index is 13.6. The van der Waals surface area contributed by atoms with Gasteiger partial charge in [0.15, 0.2) is 0 Å². The van der Waals surface area contributed by atoms with E-state index in [0.29, 0.717) is 16.7 Å². The van der Waals surface area contributed by atoms with Gasteiger partial charge >= 0.3 is 5.97 Å². The fraction of sp³-hybridized carbons (Fsp3) is 0.120. The van der Waals surface area contributed by atoms with Crippen molar-refractivity contribution in [2.45, 2.75) is 4.90 Å². The van der Waals surface area contributed by atoms with Crippen LogP contribution in [-0.2, 0) is 14.8 Å². The van der Waals surface area contributed by atoms with Crippen LogP contribution in [0.1, 0.15) is 15.2 Å². The number of hydrogen-bond acceptors (Lipinski definition) is 6. The van der Waals surface area contributed by atoms with Gasteiger partial charge in [-0.05, 0) is 30.3 Å². The number of esters is 1. The number of ether oxygens (including phenoxy) is 2. The van der Waals surface area contributed by atoms with Crippen molar-refractivity contribution in [1.82, 2.24) is 4.57 Å². The second kappa shape index (κ2) is 9.40. The maximum Gasteiger partial charge on any atom is 0.340 e. The summed E-state index contributed by atoms with van der Waals surface area (Å²) in [6.45, 7) is -0.510. The minimum Gasteiger partial charge on any atom is -0.497 e. The minimum absolute atomic E-state index is 0.0400. The van der Waals surface area contributed by atoms with Crippen LogP contribution in [0.15, 0.2) is 90.0 Å². The number of carbonyl (C=O) groups excluding carboxylic acids is 2. The molecule has 0 N–H and O–H groups in total. The van der Waals surface area contributed by atoms with Gasteiger partial charge in [-0.1, -0.05) is 42.5 Å². The number of para-hydroxylation sites is 1. The predicted molar refractivity (Wildman–Crippen MR) is 128 cm³/mol. The minimum atomic E-state index is -4.10. The number of aromatic nitrogens is 1. The Morgan fingerprint density at radius 3 is 2.32 bits per heavy atom. The predicted octanol–water partition coefficient (Wildman–Crippen LogP) is 3.97. The molecule has 174 valence electrons. The first kappa shape index (κ1) is 23.1. The lowest BCUT2D eigenvalue weighted by Gasteiger charge is -2.24. The van der Waals surface area contributed by atoms with Crippen LogP contribution in [0.4, 0.5) is 5.69 Å². The van der Waals surface area contributed by atoms with Crippen molar-refractivity contribution in [2.75, 3.05) is 25.1 Å². The smallest absolute Gasteiger partial charge is 0.340 e. The van der Waals surface area contributed by atoms with E-state index in [1.807, 2.05) is 0 Å². The van der Waals surface area contributed by atoms with Crippen molar-refractivity contribution in [3.05, 3.63) is 90.6 Å². The molecular weight excluding hydrogens is 456 g/mol. The summed E-state index contributed by atoms with van der Waals surface area (Å²) in [6, 6.07) is 21.2. The van der Waals surface area contributed by atoms with Crippen molar-refractivity contribution < 1.29 is 27.5 Å². The zero-order chi connectivity index (χ0) is 24.3. The third kappa shape index (κ3) is 4.25. The van der Waals surface area contributed by atoms with Gasteiger partial charge < -0.3 is 9.47 Å². The molecule has 0 bridgehead atoms. The van der Waals surface area contributed by atoms with Crippen LogP contribution in [-0.4, -0.2) is 45.6 Å². The number of carbonyl (C=O) groups is 2. The molecule has 34 heavy (non-hydrogen) atoms. The highest BCUT2D eigenvalue weighted by atomic mass is 32.2. The van der Waals surface area contributed by atoms with Crippen LogP contribution < -0.4 is 9.04 Å². The molecule has 4 rings (SSSR count). The van der Waals surface area contributed by atoms with Gasteiger partial charge in [-0.25, -0.2) is 13.2 Å². The normalized spacial score (nSPS) is 11.2. The lowest BCUT2D eigenvalue weighted by atomic mass is 10.2. The summed E-state index contributed by atoms with van der Waals surface area (Å²) in [6.07, 6.45) is 1.37. The third-order valence-electron chi connectivity index (χ3n) is 5.34. The Morgan fingerprint density at radius 1 is 0.912 bits per heavy atom. The van der Waals surface area contributed by atoms with Gasteiger partial charge in [0.2, 0.25) is 0 Å². The van der Waals surface area contributed by atoms with E-state index in [9.17, 15) is 18.0 Å². The molecule has 1 heterocycles. The number of anilines is 1. The van der Waals surface area contributed by atoms with Gasteiger partial charge in [-0.15, -0.1) is 0 Å². The van der Waals surface area contributed by atoms with Gasteiger partial charge in [0.05, 0.1) is 35.9 Å². The summed E-state index contributed by atoms with van der Waals surface area (Å²) >= 11 is 0. The molecule has 0 saturated heterocycles. The summed E-state index contributed by atoms with van der Waals surface area (Å²) in [7, 11) is -1.37. The summed E-state index contributed by atoms with van der Waals surface area (Å²) < 4.78 is 39.5. The number of rotatable bonds is 7. The van der Waals surface area contributed by atoms with Crippen molar-refractivity contribution in [3.63, 3.8) is 0 Å². The molecule has 0 fully saturated rings. The Bertz CT molecular complexity index is 1460. The largest absolute Gasteiger partial charge is 0.497 e. The highest BCUT2D eigenvalue weighted by molar-refractivity contribution is 7.92. The first-order valence-electron chi connectivity index (χ1n) is 10.3. The molecule has 0 aliphatic heterocycles. The average Bonchev–Trinajstić information content (AvgIpc) is 3.27. The van der Waals surface area contributed by atoms with Gasteiger partial charge in [0, 0.05) is 17.6 Å². The number of sulfonamides is 1. The summed E-state index contributed by atoms with van der Waals surface area (Å²) in [5, 5.41) is 0.529. The monoisotopic (exact) mass is 478 g/mol. The Balaban J connectivity index is 1.81. The molecule has 8 nitrogen and oxygen atoms in total. The van der Waals surface area contributed by atoms with E-state index in [1.165, 1.54) is 37.1 Å². The molecule has 0 amide bonds. The van der Waals surface area contributed by atoms with Crippen LogP contribution in [0.5, 0.6) is 5.75 Å². The zero-order valence-electron chi connectivity index (χ0n) is 18.5. The highest BCUT2D eigenvalue weighted by Gasteiger charge is 2.29. The van der Waals surface area contributed by atoms with Crippen LogP contribution in [0.2, 0.25) is 0 Å². The molecule has 0 unspecified atom stereocenters. The number of nitrogens with zero attached hydrogens (tertiary/aromatic N) is 2. The molecule has 0 radical (unpaired) electrons. The second-order valence-corrected chi connectivity index (χ2v) is 9.20. The van der Waals surface area contributed by atoms with Crippen molar-refractivity contribution in [1.29, 1.82) is 0 Å². The van der Waals surface area contributed by atoms with E-state index in [2.05, 4.69) is 0 Å². The SMILES string of the molecule is COC(=O)c1cn(C(=O)CN(c2cccc(OC)c2)S(=O)(=O)c2ccccc2)c2ccccc12. The Labute approximate surface area is 197 Å². The third-order valence-corrected chi connectivity index (χ3v) is 7.13. The zero-order valence-corrected chi connectivity index (χ0v) is 19.4. The van der Waals surface area contributed by atoms with Crippen molar-refractivity contribution in [3.8, 4) is 5.75 Å². The molecule has 0 saturated carbocycles. The maximum absolute atomic E-state index is 13.6. The fourth-order valence-corrected chi connectivity index (χ4v) is 5.09. The number of benzene rings is 3. The summed E-state index contributed by atoms with van der Waals surface area (Å²) in [4.78, 5) is 25.8. The quantitative estimate of drug-likeness (QED) is 0.373. The number of methoxy groups -OCH3 is 2. The topological polar surface area (TPSA) is 94.9 Å². The van der Waals surface area contributed by atoms with Crippen LogP contribution >= 0.6 is 0 Å². The Kier molecular flexibility index (Phi) is 6.38. The van der Waals surface area contributed by atoms with Crippen molar-refractivity contribution in [2.24, 2.45) is 0 Å². The first-order chi connectivity index (χ1) is 16.4.